The van der Waals surface area contributed by atoms with Crippen molar-refractivity contribution in [3.8, 4) is 11.3 Å². The van der Waals surface area contributed by atoms with Crippen molar-refractivity contribution in [2.24, 2.45) is 17.3 Å². The van der Waals surface area contributed by atoms with Crippen LogP contribution >= 0.6 is 22.9 Å². The third-order valence-electron chi connectivity index (χ3n) is 8.36. The number of thiophene rings is 1. The zero-order valence-corrected chi connectivity index (χ0v) is 24.0. The van der Waals surface area contributed by atoms with Crippen LogP contribution in [0.4, 0.5) is 13.2 Å². The predicted molar refractivity (Wildman–Crippen MR) is 145 cm³/mol. The summed E-state index contributed by atoms with van der Waals surface area (Å²) >= 11 is 7.82. The Bertz CT molecular complexity index is 1580. The lowest BCUT2D eigenvalue weighted by atomic mass is 9.94. The number of imide groups is 1. The Balaban J connectivity index is 1.30. The molecule has 3 atom stereocenters. The van der Waals surface area contributed by atoms with Gasteiger partial charge in [0.1, 0.15) is 6.33 Å². The number of carbonyl (C=O) groups excluding carboxylic acids is 3. The van der Waals surface area contributed by atoms with Crippen molar-refractivity contribution in [2.75, 3.05) is 19.7 Å². The molecule has 41 heavy (non-hydrogen) atoms. The molecule has 2 aliphatic heterocycles. The van der Waals surface area contributed by atoms with E-state index in [4.69, 9.17) is 16.3 Å². The Morgan fingerprint density at radius 2 is 1.88 bits per heavy atom. The molecule has 3 aromatic rings. The summed E-state index contributed by atoms with van der Waals surface area (Å²) in [6.45, 7) is 5.54. The van der Waals surface area contributed by atoms with Gasteiger partial charge in [-0.15, -0.1) is 11.3 Å². The highest BCUT2D eigenvalue weighted by molar-refractivity contribution is 7.19. The average Bonchev–Trinajstić information content (AvgIpc) is 3.15. The highest BCUT2D eigenvalue weighted by Gasteiger charge is 2.72. The molecular formula is C28H26ClF3N4O4S. The molecule has 216 valence electrons. The van der Waals surface area contributed by atoms with Gasteiger partial charge in [0.15, 0.2) is 0 Å². The molecule has 8 nitrogen and oxygen atoms in total. The zero-order chi connectivity index (χ0) is 29.4. The largest absolute Gasteiger partial charge is 0.471 e. The number of nitrogens with zero attached hydrogens (tertiary/aromatic N) is 4. The van der Waals surface area contributed by atoms with Crippen LogP contribution in [0.5, 0.6) is 0 Å². The minimum absolute atomic E-state index is 0.00662. The van der Waals surface area contributed by atoms with Crippen molar-refractivity contribution >= 4 is 50.9 Å². The van der Waals surface area contributed by atoms with E-state index < -0.39 is 18.2 Å². The number of ether oxygens (including phenoxy) is 1. The summed E-state index contributed by atoms with van der Waals surface area (Å²) in [6.07, 6.45) is -3.96. The summed E-state index contributed by atoms with van der Waals surface area (Å²) in [4.78, 5) is 49.4. The van der Waals surface area contributed by atoms with E-state index >= 15 is 0 Å². The van der Waals surface area contributed by atoms with Crippen LogP contribution in [0.1, 0.15) is 29.9 Å². The number of carbonyl (C=O) groups is 3. The molecule has 1 aliphatic carbocycles. The van der Waals surface area contributed by atoms with Gasteiger partial charge in [0.2, 0.25) is 11.8 Å². The van der Waals surface area contributed by atoms with Gasteiger partial charge in [0, 0.05) is 35.0 Å². The maximum Gasteiger partial charge on any atom is 0.471 e. The topological polar surface area (TPSA) is 92.7 Å². The first-order chi connectivity index (χ1) is 19.3. The van der Waals surface area contributed by atoms with Crippen molar-refractivity contribution in [1.29, 1.82) is 0 Å². The fourth-order valence-corrected chi connectivity index (χ4v) is 7.55. The van der Waals surface area contributed by atoms with Crippen LogP contribution in [-0.2, 0) is 32.1 Å². The second kappa shape index (κ2) is 9.74. The van der Waals surface area contributed by atoms with Crippen molar-refractivity contribution < 1.29 is 32.3 Å². The number of halogens is 4. The number of hydrogen-bond acceptors (Lipinski definition) is 7. The van der Waals surface area contributed by atoms with Crippen LogP contribution in [0.2, 0.25) is 5.02 Å². The molecular weight excluding hydrogens is 581 g/mol. The number of benzene rings is 1. The van der Waals surface area contributed by atoms with E-state index in [2.05, 4.69) is 9.97 Å². The molecule has 0 bridgehead atoms. The Morgan fingerprint density at radius 3 is 2.56 bits per heavy atom. The minimum Gasteiger partial charge on any atom is -0.374 e. The van der Waals surface area contributed by atoms with Gasteiger partial charge in [-0.3, -0.25) is 19.3 Å². The molecule has 3 aliphatic rings. The molecule has 0 spiro atoms. The van der Waals surface area contributed by atoms with Crippen molar-refractivity contribution in [3.05, 3.63) is 45.6 Å². The standard InChI is InChI=1S/C28H26ClF3N4O4S/c1-13-6-14(29)7-18(17(13)8-15-10-35(4-5-40-15)26(39)28(30,31)32)22-23-19(33-12-34-22)9-16(41-23)11-36-24(37)20-21(25(36)38)27(20,2)3/h6-7,9,12,15,20-21H,4-5,8,10-11H2,1-3H3/t15-,20?,21?/m1/s1. The molecule has 2 saturated heterocycles. The van der Waals surface area contributed by atoms with Crippen molar-refractivity contribution in [3.63, 3.8) is 0 Å². The second-order valence-corrected chi connectivity index (χ2v) is 13.0. The van der Waals surface area contributed by atoms with Crippen LogP contribution in [0.15, 0.2) is 24.5 Å². The first kappa shape index (κ1) is 28.0. The number of likely N-dealkylation sites (tertiary alicyclic amines) is 1. The monoisotopic (exact) mass is 606 g/mol. The van der Waals surface area contributed by atoms with Gasteiger partial charge in [-0.2, -0.15) is 13.2 Å². The molecule has 13 heteroatoms. The summed E-state index contributed by atoms with van der Waals surface area (Å²) < 4.78 is 45.7. The molecule has 2 aromatic heterocycles. The van der Waals surface area contributed by atoms with E-state index in [1.807, 2.05) is 26.8 Å². The second-order valence-electron chi connectivity index (χ2n) is 11.4. The van der Waals surface area contributed by atoms with Gasteiger partial charge in [-0.25, -0.2) is 9.97 Å². The quantitative estimate of drug-likeness (QED) is 0.388. The number of piperidine rings is 1. The van der Waals surface area contributed by atoms with E-state index in [1.165, 1.54) is 22.6 Å². The number of aryl methyl sites for hydroxylation is 1. The highest BCUT2D eigenvalue weighted by Crippen LogP contribution is 2.63. The summed E-state index contributed by atoms with van der Waals surface area (Å²) in [5, 5.41) is 0.457. The lowest BCUT2D eigenvalue weighted by molar-refractivity contribution is -0.191. The number of morpholine rings is 1. The number of aromatic nitrogens is 2. The third kappa shape index (κ3) is 4.79. The van der Waals surface area contributed by atoms with Crippen LogP contribution < -0.4 is 0 Å². The van der Waals surface area contributed by atoms with E-state index in [0.29, 0.717) is 21.8 Å². The van der Waals surface area contributed by atoms with Crippen LogP contribution in [0.25, 0.3) is 21.5 Å². The molecule has 3 fully saturated rings. The van der Waals surface area contributed by atoms with Gasteiger partial charge in [0.25, 0.3) is 0 Å². The van der Waals surface area contributed by atoms with Gasteiger partial charge >= 0.3 is 12.1 Å². The van der Waals surface area contributed by atoms with E-state index in [1.54, 1.807) is 12.1 Å². The highest BCUT2D eigenvalue weighted by atomic mass is 35.5. The molecule has 0 radical (unpaired) electrons. The van der Waals surface area contributed by atoms with Gasteiger partial charge in [0.05, 0.1) is 47.0 Å². The van der Waals surface area contributed by atoms with Crippen LogP contribution in [-0.4, -0.2) is 69.5 Å². The zero-order valence-electron chi connectivity index (χ0n) is 22.4. The number of hydrogen-bond donors (Lipinski definition) is 0. The maximum atomic E-state index is 13.1. The summed E-state index contributed by atoms with van der Waals surface area (Å²) in [6, 6.07) is 5.34. The number of rotatable bonds is 5. The lowest BCUT2D eigenvalue weighted by Crippen LogP contribution is -2.50. The molecule has 2 unspecified atom stereocenters. The Kier molecular flexibility index (Phi) is 6.66. The van der Waals surface area contributed by atoms with E-state index in [-0.39, 0.29) is 61.7 Å². The molecule has 1 aromatic carbocycles. The Morgan fingerprint density at radius 1 is 1.17 bits per heavy atom. The summed E-state index contributed by atoms with van der Waals surface area (Å²) in [7, 11) is 0. The summed E-state index contributed by atoms with van der Waals surface area (Å²) in [5.41, 5.74) is 3.18. The predicted octanol–water partition coefficient (Wildman–Crippen LogP) is 4.79. The van der Waals surface area contributed by atoms with Gasteiger partial charge in [-0.1, -0.05) is 25.4 Å². The molecule has 1 saturated carbocycles. The Labute approximate surface area is 242 Å². The van der Waals surface area contributed by atoms with Crippen LogP contribution in [0, 0.1) is 24.2 Å². The number of alkyl halides is 3. The van der Waals surface area contributed by atoms with E-state index in [0.717, 1.165) is 25.6 Å². The van der Waals surface area contributed by atoms with Crippen molar-refractivity contribution in [2.45, 2.75) is 46.0 Å². The van der Waals surface area contributed by atoms with Crippen molar-refractivity contribution in [1.82, 2.24) is 19.8 Å². The Hall–Kier alpha value is -3.09. The fourth-order valence-electron chi connectivity index (χ4n) is 6.18. The first-order valence-electron chi connectivity index (χ1n) is 13.1. The summed E-state index contributed by atoms with van der Waals surface area (Å²) in [5.74, 6) is -2.69. The molecule has 0 N–H and O–H groups in total. The van der Waals surface area contributed by atoms with Gasteiger partial charge < -0.3 is 9.64 Å². The van der Waals surface area contributed by atoms with Crippen LogP contribution in [0.3, 0.4) is 0 Å². The molecule has 3 amide bonds. The normalized spacial score (nSPS) is 23.8. The molecule has 6 rings (SSSR count). The van der Waals surface area contributed by atoms with E-state index in [9.17, 15) is 27.6 Å². The lowest BCUT2D eigenvalue weighted by Gasteiger charge is -2.34. The fraction of sp³-hybridized carbons (Fsp3) is 0.464. The first-order valence-corrected chi connectivity index (χ1v) is 14.3. The van der Waals surface area contributed by atoms with Gasteiger partial charge in [-0.05, 0) is 41.7 Å². The maximum absolute atomic E-state index is 13.1. The number of amides is 3. The average molecular weight is 607 g/mol. The number of fused-ring (bicyclic) bond motifs is 2. The smallest absolute Gasteiger partial charge is 0.374 e. The SMILES string of the molecule is Cc1cc(Cl)cc(-c2ncnc3cc(CN4C(=O)C5C(C4=O)C5(C)C)sc23)c1C[C@@H]1CN(C(=O)C(F)(F)F)CCO1. The molecule has 4 heterocycles. The minimum atomic E-state index is -4.95. The third-order valence-corrected chi connectivity index (χ3v) is 9.69.